The summed E-state index contributed by atoms with van der Waals surface area (Å²) < 4.78 is 0. The molecule has 1 saturated carbocycles. The topological polar surface area (TPSA) is 12.9 Å². The van der Waals surface area contributed by atoms with Crippen LogP contribution in [-0.2, 0) is 6.42 Å². The van der Waals surface area contributed by atoms with Gasteiger partial charge in [0.05, 0.1) is 0 Å². The second-order valence-electron chi connectivity index (χ2n) is 5.28. The van der Waals surface area contributed by atoms with Crippen LogP contribution in [0.15, 0.2) is 12.1 Å². The molecule has 0 spiro atoms. The third-order valence-electron chi connectivity index (χ3n) is 4.00. The lowest BCUT2D eigenvalue weighted by Gasteiger charge is -2.24. The minimum Gasteiger partial charge on any atom is -0.241 e. The molecule has 1 aromatic heterocycles. The maximum atomic E-state index is 5.95. The van der Waals surface area contributed by atoms with Crippen LogP contribution in [0.1, 0.15) is 55.7 Å². The molecule has 1 atom stereocenters. The van der Waals surface area contributed by atoms with Gasteiger partial charge in [0, 0.05) is 5.69 Å². The van der Waals surface area contributed by atoms with E-state index in [1.54, 1.807) is 0 Å². The number of aromatic nitrogens is 1. The molecule has 1 fully saturated rings. The molecule has 0 bridgehead atoms. The maximum absolute atomic E-state index is 5.95. The van der Waals surface area contributed by atoms with Crippen molar-refractivity contribution in [2.75, 3.05) is 0 Å². The van der Waals surface area contributed by atoms with E-state index in [1.165, 1.54) is 49.8 Å². The Morgan fingerprint density at radius 1 is 1.19 bits per heavy atom. The quantitative estimate of drug-likeness (QED) is 0.710. The average Bonchev–Trinajstić information content (AvgIpc) is 3.09. The Morgan fingerprint density at radius 3 is 2.88 bits per heavy atom. The molecule has 1 unspecified atom stereocenters. The molecule has 2 aliphatic rings. The van der Waals surface area contributed by atoms with Gasteiger partial charge in [-0.3, -0.25) is 0 Å². The second-order valence-corrected chi connectivity index (χ2v) is 5.67. The smallest absolute Gasteiger partial charge is 0.129 e. The van der Waals surface area contributed by atoms with Gasteiger partial charge in [-0.2, -0.15) is 0 Å². The molecule has 1 aromatic rings. The van der Waals surface area contributed by atoms with E-state index in [9.17, 15) is 0 Å². The van der Waals surface area contributed by atoms with Gasteiger partial charge in [-0.15, -0.1) is 0 Å². The van der Waals surface area contributed by atoms with E-state index in [0.29, 0.717) is 5.15 Å². The molecule has 0 aromatic carbocycles. The Morgan fingerprint density at radius 2 is 2.06 bits per heavy atom. The second kappa shape index (κ2) is 4.37. The first-order chi connectivity index (χ1) is 7.83. The number of hydrogen-bond acceptors (Lipinski definition) is 1. The summed E-state index contributed by atoms with van der Waals surface area (Å²) in [5, 5.41) is 0.654. The summed E-state index contributed by atoms with van der Waals surface area (Å²) in [7, 11) is 0. The Kier molecular flexibility index (Phi) is 2.89. The van der Waals surface area contributed by atoms with Crippen LogP contribution in [0.3, 0.4) is 0 Å². The van der Waals surface area contributed by atoms with Crippen molar-refractivity contribution in [1.82, 2.24) is 4.98 Å². The van der Waals surface area contributed by atoms with E-state index in [1.807, 2.05) is 6.07 Å². The largest absolute Gasteiger partial charge is 0.241 e. The summed E-state index contributed by atoms with van der Waals surface area (Å²) in [4.78, 5) is 4.47. The van der Waals surface area contributed by atoms with Crippen molar-refractivity contribution in [3.05, 3.63) is 28.5 Å². The van der Waals surface area contributed by atoms with Gasteiger partial charge in [-0.1, -0.05) is 30.5 Å². The molecule has 0 saturated heterocycles. The molecule has 16 heavy (non-hydrogen) atoms. The van der Waals surface area contributed by atoms with Crippen molar-refractivity contribution in [2.45, 2.75) is 50.9 Å². The SMILES string of the molecule is Clc1ccc2c(n1)CCCC2CCC1CC1. The van der Waals surface area contributed by atoms with Gasteiger partial charge in [0.1, 0.15) is 5.15 Å². The van der Waals surface area contributed by atoms with Crippen molar-refractivity contribution in [1.29, 1.82) is 0 Å². The lowest BCUT2D eigenvalue weighted by molar-refractivity contribution is 0.484. The van der Waals surface area contributed by atoms with Crippen LogP contribution < -0.4 is 0 Å². The molecule has 2 heteroatoms. The highest BCUT2D eigenvalue weighted by atomic mass is 35.5. The first-order valence-corrected chi connectivity index (χ1v) is 6.86. The molecule has 86 valence electrons. The third kappa shape index (κ3) is 2.24. The lowest BCUT2D eigenvalue weighted by atomic mass is 9.82. The number of halogens is 1. The van der Waals surface area contributed by atoms with E-state index < -0.39 is 0 Å². The minimum atomic E-state index is 0.654. The van der Waals surface area contributed by atoms with Crippen molar-refractivity contribution >= 4 is 11.6 Å². The Bertz CT molecular complexity index is 384. The van der Waals surface area contributed by atoms with E-state index in [0.717, 1.165) is 18.3 Å². The Hall–Kier alpha value is -0.560. The highest BCUT2D eigenvalue weighted by Gasteiger charge is 2.26. The molecule has 2 aliphatic carbocycles. The molecule has 3 rings (SSSR count). The van der Waals surface area contributed by atoms with Crippen LogP contribution in [0.2, 0.25) is 5.15 Å². The first-order valence-electron chi connectivity index (χ1n) is 6.48. The summed E-state index contributed by atoms with van der Waals surface area (Å²) >= 11 is 5.95. The predicted octanol–water partition coefficient (Wildman–Crippen LogP) is 4.35. The summed E-state index contributed by atoms with van der Waals surface area (Å²) in [6.45, 7) is 0. The van der Waals surface area contributed by atoms with Crippen LogP contribution in [0, 0.1) is 5.92 Å². The highest BCUT2D eigenvalue weighted by molar-refractivity contribution is 6.29. The zero-order chi connectivity index (χ0) is 11.0. The van der Waals surface area contributed by atoms with Crippen LogP contribution in [-0.4, -0.2) is 4.98 Å². The molecule has 0 aliphatic heterocycles. The number of aryl methyl sites for hydroxylation is 1. The van der Waals surface area contributed by atoms with Crippen LogP contribution in [0.25, 0.3) is 0 Å². The van der Waals surface area contributed by atoms with Crippen molar-refractivity contribution in [3.8, 4) is 0 Å². The van der Waals surface area contributed by atoms with E-state index in [2.05, 4.69) is 11.1 Å². The predicted molar refractivity (Wildman–Crippen MR) is 66.9 cm³/mol. The monoisotopic (exact) mass is 235 g/mol. The molecular weight excluding hydrogens is 218 g/mol. The molecular formula is C14H18ClN. The van der Waals surface area contributed by atoms with Gasteiger partial charge >= 0.3 is 0 Å². The van der Waals surface area contributed by atoms with Gasteiger partial charge in [-0.05, 0) is 55.6 Å². The molecule has 0 N–H and O–H groups in total. The normalized spacial score (nSPS) is 24.2. The van der Waals surface area contributed by atoms with E-state index in [-0.39, 0.29) is 0 Å². The number of rotatable bonds is 3. The van der Waals surface area contributed by atoms with Crippen molar-refractivity contribution in [2.24, 2.45) is 5.92 Å². The van der Waals surface area contributed by atoms with E-state index >= 15 is 0 Å². The zero-order valence-electron chi connectivity index (χ0n) is 9.58. The maximum Gasteiger partial charge on any atom is 0.129 e. The Labute approximate surface area is 102 Å². The number of pyridine rings is 1. The summed E-state index contributed by atoms with van der Waals surface area (Å²) in [5.74, 6) is 1.81. The fourth-order valence-corrected chi connectivity index (χ4v) is 3.04. The van der Waals surface area contributed by atoms with Crippen LogP contribution >= 0.6 is 11.6 Å². The van der Waals surface area contributed by atoms with Crippen LogP contribution in [0.4, 0.5) is 0 Å². The van der Waals surface area contributed by atoms with Gasteiger partial charge in [-0.25, -0.2) is 4.98 Å². The Balaban J connectivity index is 1.76. The molecule has 0 amide bonds. The standard InChI is InChI=1S/C14H18ClN/c15-14-9-8-12-11(7-6-10-4-5-10)2-1-3-13(12)16-14/h8-11H,1-7H2. The fraction of sp³-hybridized carbons (Fsp3) is 0.643. The van der Waals surface area contributed by atoms with Gasteiger partial charge in [0.2, 0.25) is 0 Å². The van der Waals surface area contributed by atoms with Crippen molar-refractivity contribution in [3.63, 3.8) is 0 Å². The number of fused-ring (bicyclic) bond motifs is 1. The van der Waals surface area contributed by atoms with Gasteiger partial charge < -0.3 is 0 Å². The van der Waals surface area contributed by atoms with Crippen molar-refractivity contribution < 1.29 is 0 Å². The van der Waals surface area contributed by atoms with Gasteiger partial charge in [0.15, 0.2) is 0 Å². The number of hydrogen-bond donors (Lipinski definition) is 0. The zero-order valence-corrected chi connectivity index (χ0v) is 10.3. The lowest BCUT2D eigenvalue weighted by Crippen LogP contribution is -2.11. The summed E-state index contributed by atoms with van der Waals surface area (Å²) in [6.07, 6.45) is 9.49. The average molecular weight is 236 g/mol. The molecule has 1 heterocycles. The highest BCUT2D eigenvalue weighted by Crippen LogP contribution is 2.40. The summed E-state index contributed by atoms with van der Waals surface area (Å²) in [6, 6.07) is 4.16. The fourth-order valence-electron chi connectivity index (χ4n) is 2.87. The molecule has 0 radical (unpaired) electrons. The minimum absolute atomic E-state index is 0.654. The third-order valence-corrected chi connectivity index (χ3v) is 4.21. The van der Waals surface area contributed by atoms with Crippen LogP contribution in [0.5, 0.6) is 0 Å². The summed E-state index contributed by atoms with van der Waals surface area (Å²) in [5.41, 5.74) is 2.75. The molecule has 1 nitrogen and oxygen atoms in total. The first kappa shape index (κ1) is 10.6. The number of nitrogens with zero attached hydrogens (tertiary/aromatic N) is 1. The van der Waals surface area contributed by atoms with Gasteiger partial charge in [0.25, 0.3) is 0 Å². The van der Waals surface area contributed by atoms with E-state index in [4.69, 9.17) is 11.6 Å².